The quantitative estimate of drug-likeness (QED) is 0.543. The Morgan fingerprint density at radius 1 is 0.941 bits per heavy atom. The van der Waals surface area contributed by atoms with Crippen LogP contribution in [0.3, 0.4) is 0 Å². The third-order valence-corrected chi connectivity index (χ3v) is 1.50. The first kappa shape index (κ1) is 21.7. The number of aliphatic carboxylic acids is 2. The van der Waals surface area contributed by atoms with Gasteiger partial charge >= 0.3 is 19.5 Å². The van der Waals surface area contributed by atoms with Crippen LogP contribution in [0.25, 0.3) is 0 Å². The van der Waals surface area contributed by atoms with Crippen LogP contribution in [0.2, 0.25) is 0 Å². The predicted octanol–water partition coefficient (Wildman–Crippen LogP) is -1.68. The summed E-state index contributed by atoms with van der Waals surface area (Å²) in [4.78, 5) is 19.7. The van der Waals surface area contributed by atoms with E-state index in [0.29, 0.717) is 13.2 Å². The minimum atomic E-state index is -1.16. The van der Waals surface area contributed by atoms with Gasteiger partial charge in [-0.3, -0.25) is 0 Å². The van der Waals surface area contributed by atoms with Gasteiger partial charge in [0.2, 0.25) is 0 Å². The number of hydrogen-bond acceptors (Lipinski definition) is 6. The molecule has 0 aliphatic rings. The molecule has 0 aliphatic heterocycles. The molecule has 0 heterocycles. The zero-order valence-electron chi connectivity index (χ0n) is 10.7. The summed E-state index contributed by atoms with van der Waals surface area (Å²) in [5, 5.41) is 19.7. The summed E-state index contributed by atoms with van der Waals surface area (Å²) >= 11 is 0. The van der Waals surface area contributed by atoms with E-state index in [2.05, 4.69) is 9.47 Å². The average molecular weight is 300 g/mol. The third-order valence-electron chi connectivity index (χ3n) is 1.50. The first-order valence-corrected chi connectivity index (χ1v) is 5.01. The van der Waals surface area contributed by atoms with E-state index < -0.39 is 24.1 Å². The van der Waals surface area contributed by atoms with Crippen LogP contribution in [-0.2, 0) is 38.5 Å². The number of carbonyl (C=O) groups excluding carboxylic acids is 2. The molecule has 0 N–H and O–H groups in total. The Labute approximate surface area is 114 Å². The second-order valence-electron chi connectivity index (χ2n) is 2.83. The van der Waals surface area contributed by atoms with Gasteiger partial charge in [0.05, 0.1) is 24.1 Å². The minimum absolute atomic E-state index is 0. The van der Waals surface area contributed by atoms with Gasteiger partial charge in [-0.25, -0.2) is 0 Å². The fraction of sp³-hybridized carbons (Fsp3) is 0.800. The van der Waals surface area contributed by atoms with Crippen LogP contribution in [0.15, 0.2) is 0 Å². The second-order valence-corrected chi connectivity index (χ2v) is 2.83. The molecule has 0 aliphatic carbocycles. The summed E-state index contributed by atoms with van der Waals surface area (Å²) < 4.78 is 9.28. The normalized spacial score (nSPS) is 12.5. The van der Waals surface area contributed by atoms with Crippen molar-refractivity contribution in [2.45, 2.75) is 39.9 Å². The van der Waals surface area contributed by atoms with E-state index in [1.54, 1.807) is 13.8 Å². The SMILES string of the molecule is CCO[C@@H](C)C(=O)[O-].CCO[C@@H](C)C(=O)[O-].[Zn+2]. The van der Waals surface area contributed by atoms with Crippen LogP contribution in [0.1, 0.15) is 27.7 Å². The smallest absolute Gasteiger partial charge is 0.547 e. The molecule has 0 bridgehead atoms. The number of carboxylic acid groups (broad SMARTS) is 2. The van der Waals surface area contributed by atoms with Gasteiger partial charge in [0, 0.05) is 13.2 Å². The molecule has 2 atom stereocenters. The molecule has 0 aromatic heterocycles. The second kappa shape index (κ2) is 13.5. The molecule has 0 aromatic carbocycles. The van der Waals surface area contributed by atoms with Crippen molar-refractivity contribution in [2.24, 2.45) is 0 Å². The van der Waals surface area contributed by atoms with Gasteiger partial charge in [-0.05, 0) is 27.7 Å². The van der Waals surface area contributed by atoms with E-state index in [1.807, 2.05) is 0 Å². The van der Waals surface area contributed by atoms with E-state index in [-0.39, 0.29) is 19.5 Å². The molecule has 96 valence electrons. The van der Waals surface area contributed by atoms with Crippen LogP contribution in [0.5, 0.6) is 0 Å². The van der Waals surface area contributed by atoms with Crippen LogP contribution in [-0.4, -0.2) is 37.4 Å². The van der Waals surface area contributed by atoms with Crippen molar-refractivity contribution in [1.82, 2.24) is 0 Å². The average Bonchev–Trinajstić information content (AvgIpc) is 2.19. The maximum Gasteiger partial charge on any atom is 2.00 e. The monoisotopic (exact) mass is 298 g/mol. The maximum absolute atomic E-state index is 9.85. The van der Waals surface area contributed by atoms with Crippen molar-refractivity contribution in [3.63, 3.8) is 0 Å². The molecule has 7 heteroatoms. The van der Waals surface area contributed by atoms with Crippen LogP contribution >= 0.6 is 0 Å². The van der Waals surface area contributed by atoms with Crippen molar-refractivity contribution in [1.29, 1.82) is 0 Å². The fourth-order valence-electron chi connectivity index (χ4n) is 0.636. The van der Waals surface area contributed by atoms with E-state index in [1.165, 1.54) is 13.8 Å². The van der Waals surface area contributed by atoms with Gasteiger partial charge in [0.25, 0.3) is 0 Å². The molecule has 0 saturated heterocycles. The van der Waals surface area contributed by atoms with Crippen LogP contribution in [0.4, 0.5) is 0 Å². The van der Waals surface area contributed by atoms with Gasteiger partial charge in [0.15, 0.2) is 0 Å². The van der Waals surface area contributed by atoms with Gasteiger partial charge < -0.3 is 29.3 Å². The number of carboxylic acids is 2. The zero-order chi connectivity index (χ0) is 13.1. The maximum atomic E-state index is 9.85. The van der Waals surface area contributed by atoms with Crippen molar-refractivity contribution in [3.8, 4) is 0 Å². The van der Waals surface area contributed by atoms with Crippen molar-refractivity contribution in [2.75, 3.05) is 13.2 Å². The predicted molar refractivity (Wildman–Crippen MR) is 52.2 cm³/mol. The van der Waals surface area contributed by atoms with Crippen LogP contribution < -0.4 is 10.2 Å². The van der Waals surface area contributed by atoms with Gasteiger partial charge in [-0.15, -0.1) is 0 Å². The molecule has 17 heavy (non-hydrogen) atoms. The Hall–Kier alpha value is -0.517. The van der Waals surface area contributed by atoms with E-state index in [4.69, 9.17) is 0 Å². The van der Waals surface area contributed by atoms with E-state index >= 15 is 0 Å². The molecular formula is C10H18O6Zn. The molecule has 0 amide bonds. The van der Waals surface area contributed by atoms with Crippen molar-refractivity contribution >= 4 is 11.9 Å². The standard InChI is InChI=1S/2C5H10O3.Zn/c2*1-3-8-4(2)5(6)7;/h2*4H,3H2,1-2H3,(H,6,7);/q;;+2/p-2/t2*4-;/m00./s1. The summed E-state index contributed by atoms with van der Waals surface area (Å²) in [6.07, 6.45) is -1.56. The Morgan fingerprint density at radius 2 is 1.18 bits per heavy atom. The largest absolute Gasteiger partial charge is 2.00 e. The number of hydrogen-bond donors (Lipinski definition) is 0. The summed E-state index contributed by atoms with van der Waals surface area (Å²) in [7, 11) is 0. The van der Waals surface area contributed by atoms with Crippen molar-refractivity contribution in [3.05, 3.63) is 0 Å². The first-order chi connectivity index (χ1) is 7.36. The molecule has 0 rings (SSSR count). The Balaban J connectivity index is -0.000000218. The summed E-state index contributed by atoms with van der Waals surface area (Å²) in [6.45, 7) is 7.18. The van der Waals surface area contributed by atoms with Gasteiger partial charge in [-0.1, -0.05) is 0 Å². The summed E-state index contributed by atoms with van der Waals surface area (Å²) in [6, 6.07) is 0. The third kappa shape index (κ3) is 15.5. The van der Waals surface area contributed by atoms with E-state index in [9.17, 15) is 19.8 Å². The van der Waals surface area contributed by atoms with Crippen molar-refractivity contribution < 1.29 is 48.8 Å². The Kier molecular flexibility index (Phi) is 17.3. The Bertz CT molecular complexity index is 187. The molecular weight excluding hydrogens is 281 g/mol. The molecule has 0 fully saturated rings. The molecule has 0 saturated carbocycles. The molecule has 0 aromatic rings. The van der Waals surface area contributed by atoms with Gasteiger partial charge in [0.1, 0.15) is 0 Å². The molecule has 6 nitrogen and oxygen atoms in total. The van der Waals surface area contributed by atoms with E-state index in [0.717, 1.165) is 0 Å². The number of ether oxygens (including phenoxy) is 2. The van der Waals surface area contributed by atoms with Crippen LogP contribution in [0, 0.1) is 0 Å². The zero-order valence-corrected chi connectivity index (χ0v) is 13.7. The first-order valence-electron chi connectivity index (χ1n) is 5.01. The minimum Gasteiger partial charge on any atom is -0.547 e. The summed E-state index contributed by atoms with van der Waals surface area (Å²) in [5.74, 6) is -2.32. The molecule has 0 unspecified atom stereocenters. The summed E-state index contributed by atoms with van der Waals surface area (Å²) in [5.41, 5.74) is 0. The van der Waals surface area contributed by atoms with Gasteiger partial charge in [-0.2, -0.15) is 0 Å². The number of carbonyl (C=O) groups is 2. The topological polar surface area (TPSA) is 98.7 Å². The molecule has 0 radical (unpaired) electrons. The fourth-order valence-corrected chi connectivity index (χ4v) is 0.636. The molecule has 0 spiro atoms. The number of rotatable bonds is 6. The Morgan fingerprint density at radius 3 is 1.24 bits per heavy atom.